The van der Waals surface area contributed by atoms with Crippen LogP contribution in [0.2, 0.25) is 0 Å². The zero-order chi connectivity index (χ0) is 18.8. The SMILES string of the molecule is Cc1ccc(C(=O)N2CSCC2C(=O)Nc2ccc(C)c(C)c2)c(C)c1. The summed E-state index contributed by atoms with van der Waals surface area (Å²) < 4.78 is 0. The van der Waals surface area contributed by atoms with E-state index in [4.69, 9.17) is 0 Å². The van der Waals surface area contributed by atoms with Crippen molar-refractivity contribution in [2.75, 3.05) is 16.9 Å². The summed E-state index contributed by atoms with van der Waals surface area (Å²) in [5, 5.41) is 2.97. The van der Waals surface area contributed by atoms with Crippen LogP contribution in [-0.4, -0.2) is 34.4 Å². The number of thioether (sulfide) groups is 1. The van der Waals surface area contributed by atoms with Crippen LogP contribution in [0, 0.1) is 27.7 Å². The van der Waals surface area contributed by atoms with Gasteiger partial charge in [-0.05, 0) is 62.6 Å². The second-order valence-electron chi connectivity index (χ2n) is 6.90. The van der Waals surface area contributed by atoms with E-state index < -0.39 is 6.04 Å². The van der Waals surface area contributed by atoms with E-state index in [1.807, 2.05) is 64.1 Å². The standard InChI is InChI=1S/C21H24N2O2S/c1-13-5-8-18(16(4)9-13)21(25)23-12-26-11-19(23)20(24)22-17-7-6-14(2)15(3)10-17/h5-10,19H,11-12H2,1-4H3,(H,22,24). The lowest BCUT2D eigenvalue weighted by molar-refractivity contribution is -0.119. The molecular formula is C21H24N2O2S. The third-order valence-electron chi connectivity index (χ3n) is 4.83. The highest BCUT2D eigenvalue weighted by molar-refractivity contribution is 7.99. The number of hydrogen-bond donors (Lipinski definition) is 1. The van der Waals surface area contributed by atoms with Gasteiger partial charge in [0.25, 0.3) is 5.91 Å². The van der Waals surface area contributed by atoms with Crippen molar-refractivity contribution < 1.29 is 9.59 Å². The van der Waals surface area contributed by atoms with E-state index in [1.165, 1.54) is 5.56 Å². The molecule has 1 aliphatic rings. The topological polar surface area (TPSA) is 49.4 Å². The number of nitrogens with one attached hydrogen (secondary N) is 1. The van der Waals surface area contributed by atoms with E-state index in [0.29, 0.717) is 17.2 Å². The molecular weight excluding hydrogens is 344 g/mol. The number of nitrogens with zero attached hydrogens (tertiary/aromatic N) is 1. The van der Waals surface area contributed by atoms with Crippen molar-refractivity contribution in [3.8, 4) is 0 Å². The molecule has 1 fully saturated rings. The summed E-state index contributed by atoms with van der Waals surface area (Å²) >= 11 is 1.61. The Kier molecular flexibility index (Phi) is 5.37. The lowest BCUT2D eigenvalue weighted by Gasteiger charge is -2.24. The number of anilines is 1. The van der Waals surface area contributed by atoms with Crippen LogP contribution in [-0.2, 0) is 4.79 Å². The van der Waals surface area contributed by atoms with Crippen molar-refractivity contribution in [2.45, 2.75) is 33.7 Å². The summed E-state index contributed by atoms with van der Waals surface area (Å²) in [6.07, 6.45) is 0. The number of carbonyl (C=O) groups is 2. The highest BCUT2D eigenvalue weighted by atomic mass is 32.2. The second-order valence-corrected chi connectivity index (χ2v) is 7.90. The van der Waals surface area contributed by atoms with Crippen LogP contribution in [0.25, 0.3) is 0 Å². The first-order valence-corrected chi connectivity index (χ1v) is 9.86. The van der Waals surface area contributed by atoms with E-state index in [0.717, 1.165) is 22.4 Å². The van der Waals surface area contributed by atoms with Crippen LogP contribution in [0.4, 0.5) is 5.69 Å². The van der Waals surface area contributed by atoms with Crippen molar-refractivity contribution in [1.29, 1.82) is 0 Å². The minimum atomic E-state index is -0.449. The predicted molar refractivity (Wildman–Crippen MR) is 108 cm³/mol. The van der Waals surface area contributed by atoms with Gasteiger partial charge >= 0.3 is 0 Å². The summed E-state index contributed by atoms with van der Waals surface area (Å²) in [5.74, 6) is 0.953. The van der Waals surface area contributed by atoms with E-state index in [9.17, 15) is 9.59 Å². The van der Waals surface area contributed by atoms with Crippen LogP contribution in [0.1, 0.15) is 32.6 Å². The summed E-state index contributed by atoms with van der Waals surface area (Å²) in [6, 6.07) is 11.2. The van der Waals surface area contributed by atoms with Crippen molar-refractivity contribution in [1.82, 2.24) is 4.90 Å². The van der Waals surface area contributed by atoms with Crippen LogP contribution in [0.3, 0.4) is 0 Å². The Balaban J connectivity index is 1.77. The largest absolute Gasteiger partial charge is 0.324 e. The van der Waals surface area contributed by atoms with Gasteiger partial charge in [0.2, 0.25) is 5.91 Å². The van der Waals surface area contributed by atoms with E-state index >= 15 is 0 Å². The van der Waals surface area contributed by atoms with Crippen molar-refractivity contribution in [2.24, 2.45) is 0 Å². The van der Waals surface area contributed by atoms with Gasteiger partial charge in [-0.3, -0.25) is 9.59 Å². The third-order valence-corrected chi connectivity index (χ3v) is 5.84. The average Bonchev–Trinajstić information content (AvgIpc) is 3.07. The molecule has 1 N–H and O–H groups in total. The molecule has 0 spiro atoms. The van der Waals surface area contributed by atoms with Gasteiger partial charge in [-0.1, -0.05) is 23.8 Å². The molecule has 26 heavy (non-hydrogen) atoms. The molecule has 2 aromatic rings. The number of carbonyl (C=O) groups excluding carboxylic acids is 2. The van der Waals surface area contributed by atoms with Crippen molar-refractivity contribution in [3.63, 3.8) is 0 Å². The summed E-state index contributed by atoms with van der Waals surface area (Å²) in [4.78, 5) is 27.4. The maximum atomic E-state index is 13.0. The van der Waals surface area contributed by atoms with Crippen LogP contribution >= 0.6 is 11.8 Å². The Morgan fingerprint density at radius 3 is 2.46 bits per heavy atom. The van der Waals surface area contributed by atoms with Gasteiger partial charge in [-0.25, -0.2) is 0 Å². The quantitative estimate of drug-likeness (QED) is 0.888. The number of aryl methyl sites for hydroxylation is 4. The zero-order valence-corrected chi connectivity index (χ0v) is 16.4. The molecule has 0 aromatic heterocycles. The minimum absolute atomic E-state index is 0.0762. The first-order chi connectivity index (χ1) is 12.4. The number of benzene rings is 2. The van der Waals surface area contributed by atoms with E-state index in [1.54, 1.807) is 16.7 Å². The molecule has 0 aliphatic carbocycles. The lowest BCUT2D eigenvalue weighted by Crippen LogP contribution is -2.44. The molecule has 3 rings (SSSR count). The molecule has 1 atom stereocenters. The average molecular weight is 369 g/mol. The molecule has 4 nitrogen and oxygen atoms in total. The summed E-state index contributed by atoms with van der Waals surface area (Å²) in [6.45, 7) is 8.01. The van der Waals surface area contributed by atoms with Crippen molar-refractivity contribution >= 4 is 29.3 Å². The van der Waals surface area contributed by atoms with Gasteiger partial charge in [0.05, 0.1) is 5.88 Å². The van der Waals surface area contributed by atoms with E-state index in [2.05, 4.69) is 5.32 Å². The zero-order valence-electron chi connectivity index (χ0n) is 15.6. The van der Waals surface area contributed by atoms with Gasteiger partial charge in [0, 0.05) is 17.0 Å². The molecule has 0 saturated carbocycles. The summed E-state index contributed by atoms with van der Waals surface area (Å²) in [7, 11) is 0. The fourth-order valence-electron chi connectivity index (χ4n) is 3.11. The Labute approximate surface area is 159 Å². The lowest BCUT2D eigenvalue weighted by atomic mass is 10.0. The Morgan fingerprint density at radius 1 is 1.00 bits per heavy atom. The molecule has 136 valence electrons. The first kappa shape index (κ1) is 18.5. The number of rotatable bonds is 3. The molecule has 1 saturated heterocycles. The molecule has 5 heteroatoms. The monoisotopic (exact) mass is 368 g/mol. The molecule has 1 unspecified atom stereocenters. The normalized spacial score (nSPS) is 16.6. The molecule has 1 aliphatic heterocycles. The van der Waals surface area contributed by atoms with Crippen LogP contribution in [0.15, 0.2) is 36.4 Å². The van der Waals surface area contributed by atoms with Crippen LogP contribution < -0.4 is 5.32 Å². The summed E-state index contributed by atoms with van der Waals surface area (Å²) in [5.41, 5.74) is 5.83. The second kappa shape index (κ2) is 7.54. The molecule has 1 heterocycles. The van der Waals surface area contributed by atoms with E-state index in [-0.39, 0.29) is 11.8 Å². The fourth-order valence-corrected chi connectivity index (χ4v) is 4.27. The third kappa shape index (κ3) is 3.78. The predicted octanol–water partition coefficient (Wildman–Crippen LogP) is 4.07. The number of amides is 2. The molecule has 2 amide bonds. The minimum Gasteiger partial charge on any atom is -0.324 e. The van der Waals surface area contributed by atoms with Gasteiger partial charge in [-0.2, -0.15) is 0 Å². The highest BCUT2D eigenvalue weighted by Gasteiger charge is 2.35. The first-order valence-electron chi connectivity index (χ1n) is 8.71. The molecule has 0 radical (unpaired) electrons. The van der Waals surface area contributed by atoms with Crippen molar-refractivity contribution in [3.05, 3.63) is 64.2 Å². The fraction of sp³-hybridized carbons (Fsp3) is 0.333. The Bertz CT molecular complexity index is 863. The molecule has 0 bridgehead atoms. The van der Waals surface area contributed by atoms with Gasteiger partial charge < -0.3 is 10.2 Å². The van der Waals surface area contributed by atoms with Gasteiger partial charge in [0.15, 0.2) is 0 Å². The van der Waals surface area contributed by atoms with Gasteiger partial charge in [0.1, 0.15) is 6.04 Å². The number of hydrogen-bond acceptors (Lipinski definition) is 3. The maximum Gasteiger partial charge on any atom is 0.255 e. The highest BCUT2D eigenvalue weighted by Crippen LogP contribution is 2.26. The Morgan fingerprint density at radius 2 is 1.77 bits per heavy atom. The van der Waals surface area contributed by atoms with Crippen LogP contribution in [0.5, 0.6) is 0 Å². The Hall–Kier alpha value is -2.27. The van der Waals surface area contributed by atoms with Gasteiger partial charge in [-0.15, -0.1) is 11.8 Å². The molecule has 2 aromatic carbocycles. The maximum absolute atomic E-state index is 13.0. The smallest absolute Gasteiger partial charge is 0.255 e.